The number of nitrogens with one attached hydrogen (secondary N) is 1. The summed E-state index contributed by atoms with van der Waals surface area (Å²) in [6.07, 6.45) is 0. The minimum Gasteiger partial charge on any atom is -0.494 e. The quantitative estimate of drug-likeness (QED) is 0.852. The van der Waals surface area contributed by atoms with Crippen molar-refractivity contribution in [3.8, 4) is 5.75 Å². The monoisotopic (exact) mass is 223 g/mol. The van der Waals surface area contributed by atoms with Crippen LogP contribution >= 0.6 is 0 Å². The van der Waals surface area contributed by atoms with Gasteiger partial charge in [0, 0.05) is 11.6 Å². The van der Waals surface area contributed by atoms with Crippen LogP contribution in [0.5, 0.6) is 5.75 Å². The van der Waals surface area contributed by atoms with Gasteiger partial charge in [0.05, 0.1) is 6.61 Å². The Kier molecular flexibility index (Phi) is 6.23. The fourth-order valence-electron chi connectivity index (χ4n) is 1.24. The van der Waals surface area contributed by atoms with Crippen molar-refractivity contribution in [2.45, 2.75) is 34.2 Å². The first-order valence-corrected chi connectivity index (χ1v) is 5.17. The van der Waals surface area contributed by atoms with Crippen LogP contribution in [0.15, 0.2) is 24.3 Å². The van der Waals surface area contributed by atoms with E-state index in [9.17, 15) is 4.79 Å². The summed E-state index contributed by atoms with van der Waals surface area (Å²) in [5.74, 6) is 0.667. The summed E-state index contributed by atoms with van der Waals surface area (Å²) in [6.45, 7) is 6.39. The lowest BCUT2D eigenvalue weighted by Crippen LogP contribution is -2.30. The second kappa shape index (κ2) is 6.88. The third-order valence-electron chi connectivity index (χ3n) is 1.83. The third-order valence-corrected chi connectivity index (χ3v) is 1.83. The highest BCUT2D eigenvalue weighted by Crippen LogP contribution is 2.13. The molecule has 0 aliphatic carbocycles. The molecule has 1 rings (SSSR count). The van der Waals surface area contributed by atoms with E-state index >= 15 is 0 Å². The Hall–Kier alpha value is -1.51. The van der Waals surface area contributed by atoms with Crippen molar-refractivity contribution >= 4 is 5.91 Å². The molecule has 1 amide bonds. The summed E-state index contributed by atoms with van der Waals surface area (Å²) in [6, 6.07) is 7.34. The summed E-state index contributed by atoms with van der Waals surface area (Å²) in [5.41, 5.74) is 0.634. The van der Waals surface area contributed by atoms with Crippen molar-refractivity contribution in [2.75, 3.05) is 6.61 Å². The number of carbonyl (C=O) groups excluding carboxylic acids is 1. The molecule has 0 heterocycles. The zero-order valence-electron chi connectivity index (χ0n) is 9.41. The molecule has 0 spiro atoms. The molecule has 0 bridgehead atoms. The van der Waals surface area contributed by atoms with Crippen LogP contribution in [0.2, 0.25) is 0 Å². The molecule has 3 nitrogen and oxygen atoms in total. The Morgan fingerprint density at radius 1 is 1.44 bits per heavy atom. The largest absolute Gasteiger partial charge is 0.494 e. The maximum absolute atomic E-state index is 11.6. The van der Waals surface area contributed by atoms with Crippen molar-refractivity contribution in [3.05, 3.63) is 29.8 Å². The molecule has 0 radical (unpaired) electrons. The van der Waals surface area contributed by atoms with Crippen LogP contribution < -0.4 is 10.1 Å². The lowest BCUT2D eigenvalue weighted by Gasteiger charge is -2.09. The molecular formula is C13H21NO2. The molecule has 16 heavy (non-hydrogen) atoms. The zero-order chi connectivity index (χ0) is 11.3. The Balaban J connectivity index is 0.00000225. The molecule has 0 saturated carbocycles. The van der Waals surface area contributed by atoms with Gasteiger partial charge in [-0.25, -0.2) is 0 Å². The molecule has 0 fully saturated rings. The van der Waals surface area contributed by atoms with Gasteiger partial charge in [0.25, 0.3) is 5.91 Å². The van der Waals surface area contributed by atoms with Crippen LogP contribution in [0.1, 0.15) is 38.6 Å². The number of rotatable bonds is 4. The van der Waals surface area contributed by atoms with E-state index in [2.05, 4.69) is 5.32 Å². The second-order valence-electron chi connectivity index (χ2n) is 3.59. The van der Waals surface area contributed by atoms with Gasteiger partial charge in [0.1, 0.15) is 5.75 Å². The van der Waals surface area contributed by atoms with Crippen LogP contribution in [-0.4, -0.2) is 18.6 Å². The molecule has 0 atom stereocenters. The van der Waals surface area contributed by atoms with Crippen LogP contribution in [0.25, 0.3) is 0 Å². The van der Waals surface area contributed by atoms with E-state index in [0.29, 0.717) is 12.2 Å². The van der Waals surface area contributed by atoms with Gasteiger partial charge in [-0.2, -0.15) is 0 Å². The van der Waals surface area contributed by atoms with Crippen molar-refractivity contribution in [3.63, 3.8) is 0 Å². The maximum Gasteiger partial charge on any atom is 0.251 e. The predicted molar refractivity (Wildman–Crippen MR) is 66.9 cm³/mol. The van der Waals surface area contributed by atoms with E-state index in [4.69, 9.17) is 4.74 Å². The fourth-order valence-corrected chi connectivity index (χ4v) is 1.24. The number of hydrogen-bond acceptors (Lipinski definition) is 2. The van der Waals surface area contributed by atoms with Gasteiger partial charge < -0.3 is 10.1 Å². The molecule has 1 aromatic rings. The van der Waals surface area contributed by atoms with Gasteiger partial charge in [-0.05, 0) is 39.0 Å². The minimum atomic E-state index is -0.0634. The topological polar surface area (TPSA) is 38.3 Å². The van der Waals surface area contributed by atoms with E-state index in [0.717, 1.165) is 5.75 Å². The van der Waals surface area contributed by atoms with Gasteiger partial charge in [-0.15, -0.1) is 0 Å². The number of carbonyl (C=O) groups is 1. The van der Waals surface area contributed by atoms with Crippen LogP contribution in [0, 0.1) is 0 Å². The predicted octanol–water partition coefficient (Wildman–Crippen LogP) is 2.86. The summed E-state index contributed by atoms with van der Waals surface area (Å²) < 4.78 is 5.32. The first kappa shape index (κ1) is 14.5. The SMILES string of the molecule is C.CCOc1cccc(C(=O)NC(C)C)c1. The van der Waals surface area contributed by atoms with Crippen molar-refractivity contribution < 1.29 is 9.53 Å². The average molecular weight is 223 g/mol. The molecule has 0 aliphatic rings. The lowest BCUT2D eigenvalue weighted by molar-refractivity contribution is 0.0942. The summed E-state index contributed by atoms with van der Waals surface area (Å²) in [7, 11) is 0. The standard InChI is InChI=1S/C12H17NO2.CH4/c1-4-15-11-7-5-6-10(8-11)12(14)13-9(2)3;/h5-9H,4H2,1-3H3,(H,13,14);1H4. The molecule has 0 aliphatic heterocycles. The fraction of sp³-hybridized carbons (Fsp3) is 0.462. The summed E-state index contributed by atoms with van der Waals surface area (Å²) in [5, 5.41) is 2.83. The highest BCUT2D eigenvalue weighted by atomic mass is 16.5. The lowest BCUT2D eigenvalue weighted by atomic mass is 10.2. The van der Waals surface area contributed by atoms with E-state index < -0.39 is 0 Å². The average Bonchev–Trinajstić information content (AvgIpc) is 2.17. The van der Waals surface area contributed by atoms with E-state index in [1.54, 1.807) is 12.1 Å². The van der Waals surface area contributed by atoms with Gasteiger partial charge in [-0.1, -0.05) is 13.5 Å². The molecule has 0 aromatic heterocycles. The van der Waals surface area contributed by atoms with Gasteiger partial charge in [-0.3, -0.25) is 4.79 Å². The van der Waals surface area contributed by atoms with Crippen LogP contribution in [-0.2, 0) is 0 Å². The normalized spacial score (nSPS) is 9.50. The Morgan fingerprint density at radius 2 is 2.12 bits per heavy atom. The Labute approximate surface area is 97.8 Å². The summed E-state index contributed by atoms with van der Waals surface area (Å²) in [4.78, 5) is 11.6. The van der Waals surface area contributed by atoms with Crippen molar-refractivity contribution in [2.24, 2.45) is 0 Å². The summed E-state index contributed by atoms with van der Waals surface area (Å²) >= 11 is 0. The zero-order valence-corrected chi connectivity index (χ0v) is 9.41. The van der Waals surface area contributed by atoms with Gasteiger partial charge in [0.15, 0.2) is 0 Å². The smallest absolute Gasteiger partial charge is 0.251 e. The Bertz CT molecular complexity index is 334. The van der Waals surface area contributed by atoms with Crippen molar-refractivity contribution in [1.82, 2.24) is 5.32 Å². The third kappa shape index (κ3) is 4.34. The maximum atomic E-state index is 11.6. The number of benzene rings is 1. The van der Waals surface area contributed by atoms with Gasteiger partial charge in [0.2, 0.25) is 0 Å². The first-order valence-electron chi connectivity index (χ1n) is 5.17. The molecular weight excluding hydrogens is 202 g/mol. The van der Waals surface area contributed by atoms with Crippen LogP contribution in [0.4, 0.5) is 0 Å². The number of ether oxygens (including phenoxy) is 1. The molecule has 0 unspecified atom stereocenters. The molecule has 1 aromatic carbocycles. The van der Waals surface area contributed by atoms with E-state index in [1.807, 2.05) is 32.9 Å². The van der Waals surface area contributed by atoms with E-state index in [1.165, 1.54) is 0 Å². The molecule has 0 saturated heterocycles. The first-order chi connectivity index (χ1) is 7.13. The number of hydrogen-bond donors (Lipinski definition) is 1. The number of amides is 1. The Morgan fingerprint density at radius 3 is 2.69 bits per heavy atom. The minimum absolute atomic E-state index is 0. The van der Waals surface area contributed by atoms with Crippen molar-refractivity contribution in [1.29, 1.82) is 0 Å². The molecule has 90 valence electrons. The molecule has 1 N–H and O–H groups in total. The second-order valence-corrected chi connectivity index (χ2v) is 3.59. The van der Waals surface area contributed by atoms with Crippen LogP contribution in [0.3, 0.4) is 0 Å². The highest BCUT2D eigenvalue weighted by molar-refractivity contribution is 5.94. The highest BCUT2D eigenvalue weighted by Gasteiger charge is 2.07. The van der Waals surface area contributed by atoms with Gasteiger partial charge >= 0.3 is 0 Å². The molecule has 3 heteroatoms. The van der Waals surface area contributed by atoms with E-state index in [-0.39, 0.29) is 19.4 Å².